The van der Waals surface area contributed by atoms with Gasteiger partial charge in [-0.3, -0.25) is 4.79 Å². The van der Waals surface area contributed by atoms with E-state index < -0.39 is 0 Å². The number of piperidine rings is 1. The fourth-order valence-electron chi connectivity index (χ4n) is 2.89. The zero-order chi connectivity index (χ0) is 16.1. The molecule has 0 aliphatic carbocycles. The Morgan fingerprint density at radius 3 is 2.91 bits per heavy atom. The van der Waals surface area contributed by atoms with Crippen LogP contribution in [0.3, 0.4) is 0 Å². The Morgan fingerprint density at radius 2 is 2.18 bits per heavy atom. The van der Waals surface area contributed by atoms with Gasteiger partial charge in [-0.15, -0.1) is 11.8 Å². The number of carbonyl (C=O) groups is 1. The predicted molar refractivity (Wildman–Crippen MR) is 97.6 cm³/mol. The van der Waals surface area contributed by atoms with Crippen molar-refractivity contribution in [1.29, 1.82) is 0 Å². The number of nitrogens with one attached hydrogen (secondary N) is 1. The number of aryl methyl sites for hydroxylation is 2. The van der Waals surface area contributed by atoms with Crippen molar-refractivity contribution in [3.05, 3.63) is 27.7 Å². The van der Waals surface area contributed by atoms with E-state index in [9.17, 15) is 4.79 Å². The number of likely N-dealkylation sites (tertiary alicyclic amines) is 1. The third-order valence-electron chi connectivity index (χ3n) is 4.17. The maximum Gasteiger partial charge on any atom is 0.232 e. The number of nitrogens with zero attached hydrogens (tertiary/aromatic N) is 1. The molecule has 1 amide bonds. The molecule has 5 heteroatoms. The van der Waals surface area contributed by atoms with Gasteiger partial charge in [0.2, 0.25) is 5.91 Å². The summed E-state index contributed by atoms with van der Waals surface area (Å²) in [5.41, 5.74) is 2.44. The molecule has 1 aromatic carbocycles. The lowest BCUT2D eigenvalue weighted by molar-refractivity contribution is -0.130. The fourth-order valence-corrected chi connectivity index (χ4v) is 4.35. The van der Waals surface area contributed by atoms with Crippen LogP contribution in [0, 0.1) is 19.8 Å². The molecule has 1 fully saturated rings. The van der Waals surface area contributed by atoms with Crippen molar-refractivity contribution in [2.75, 3.05) is 32.4 Å². The highest BCUT2D eigenvalue weighted by Gasteiger charge is 2.23. The van der Waals surface area contributed by atoms with Gasteiger partial charge in [-0.1, -0.05) is 15.9 Å². The topological polar surface area (TPSA) is 32.3 Å². The Kier molecular flexibility index (Phi) is 6.78. The third-order valence-corrected chi connectivity index (χ3v) is 6.17. The number of thioether (sulfide) groups is 1. The monoisotopic (exact) mass is 384 g/mol. The van der Waals surface area contributed by atoms with Crippen LogP contribution in [0.5, 0.6) is 0 Å². The number of benzene rings is 1. The van der Waals surface area contributed by atoms with Crippen LogP contribution in [-0.4, -0.2) is 43.2 Å². The first-order chi connectivity index (χ1) is 10.5. The van der Waals surface area contributed by atoms with Crippen LogP contribution in [-0.2, 0) is 4.79 Å². The highest BCUT2D eigenvalue weighted by atomic mass is 79.9. The molecule has 0 spiro atoms. The van der Waals surface area contributed by atoms with Crippen molar-refractivity contribution < 1.29 is 4.79 Å². The van der Waals surface area contributed by atoms with E-state index in [1.807, 2.05) is 11.9 Å². The molecule has 1 N–H and O–H groups in total. The number of rotatable bonds is 5. The predicted octanol–water partition coefficient (Wildman–Crippen LogP) is 3.62. The normalized spacial score (nSPS) is 18.5. The first-order valence-corrected chi connectivity index (χ1v) is 9.61. The second kappa shape index (κ2) is 8.37. The van der Waals surface area contributed by atoms with Gasteiger partial charge in [0.05, 0.1) is 5.75 Å². The maximum absolute atomic E-state index is 12.5. The fraction of sp³-hybridized carbons (Fsp3) is 0.588. The van der Waals surface area contributed by atoms with Crippen LogP contribution in [0.2, 0.25) is 0 Å². The van der Waals surface area contributed by atoms with Crippen molar-refractivity contribution in [1.82, 2.24) is 10.2 Å². The van der Waals surface area contributed by atoms with Crippen molar-refractivity contribution >= 4 is 33.6 Å². The SMILES string of the molecule is CNCC1CCCN(C(=O)CSc2cc(C)c(Br)cc2C)C1. The molecule has 22 heavy (non-hydrogen) atoms. The zero-order valence-corrected chi connectivity index (χ0v) is 16.0. The minimum absolute atomic E-state index is 0.269. The quantitative estimate of drug-likeness (QED) is 0.786. The summed E-state index contributed by atoms with van der Waals surface area (Å²) in [6.07, 6.45) is 2.35. The van der Waals surface area contributed by atoms with Gasteiger partial charge in [-0.05, 0) is 69.5 Å². The Morgan fingerprint density at radius 1 is 1.41 bits per heavy atom. The summed E-state index contributed by atoms with van der Waals surface area (Å²) in [6.45, 7) is 7.00. The van der Waals surface area contributed by atoms with Gasteiger partial charge in [0.15, 0.2) is 0 Å². The molecule has 1 atom stereocenters. The maximum atomic E-state index is 12.5. The Hall–Kier alpha value is -0.520. The van der Waals surface area contributed by atoms with E-state index in [1.165, 1.54) is 22.4 Å². The van der Waals surface area contributed by atoms with E-state index in [0.717, 1.165) is 30.5 Å². The van der Waals surface area contributed by atoms with Crippen LogP contribution in [0.15, 0.2) is 21.5 Å². The van der Waals surface area contributed by atoms with Crippen molar-refractivity contribution in [3.8, 4) is 0 Å². The molecule has 1 aromatic rings. The summed E-state index contributed by atoms with van der Waals surface area (Å²) >= 11 is 5.21. The number of hydrogen-bond donors (Lipinski definition) is 1. The van der Waals surface area contributed by atoms with E-state index >= 15 is 0 Å². The molecule has 1 saturated heterocycles. The van der Waals surface area contributed by atoms with Crippen molar-refractivity contribution in [2.45, 2.75) is 31.6 Å². The average molecular weight is 385 g/mol. The van der Waals surface area contributed by atoms with Crippen molar-refractivity contribution in [3.63, 3.8) is 0 Å². The van der Waals surface area contributed by atoms with Crippen LogP contribution in [0.1, 0.15) is 24.0 Å². The van der Waals surface area contributed by atoms with E-state index in [2.05, 4.69) is 47.2 Å². The van der Waals surface area contributed by atoms with Gasteiger partial charge >= 0.3 is 0 Å². The van der Waals surface area contributed by atoms with E-state index in [4.69, 9.17) is 0 Å². The lowest BCUT2D eigenvalue weighted by Gasteiger charge is -2.32. The standard InChI is InChI=1S/C17H25BrN2OS/c1-12-8-16(13(2)7-15(12)18)22-11-17(21)20-6-4-5-14(10-20)9-19-3/h7-8,14,19H,4-6,9-11H2,1-3H3. The molecule has 0 aromatic heterocycles. The van der Waals surface area contributed by atoms with Gasteiger partial charge in [-0.25, -0.2) is 0 Å². The summed E-state index contributed by atoms with van der Waals surface area (Å²) in [5, 5.41) is 3.23. The smallest absolute Gasteiger partial charge is 0.232 e. The summed E-state index contributed by atoms with van der Waals surface area (Å²) in [6, 6.07) is 4.30. The highest BCUT2D eigenvalue weighted by Crippen LogP contribution is 2.29. The number of halogens is 1. The lowest BCUT2D eigenvalue weighted by Crippen LogP contribution is -2.43. The summed E-state index contributed by atoms with van der Waals surface area (Å²) in [5.74, 6) is 1.41. The second-order valence-corrected chi connectivity index (χ2v) is 7.93. The van der Waals surface area contributed by atoms with Gasteiger partial charge in [-0.2, -0.15) is 0 Å². The van der Waals surface area contributed by atoms with E-state index in [-0.39, 0.29) is 5.91 Å². The molecule has 1 aliphatic rings. The van der Waals surface area contributed by atoms with Crippen LogP contribution in [0.4, 0.5) is 0 Å². The molecule has 0 radical (unpaired) electrons. The van der Waals surface area contributed by atoms with Gasteiger partial charge in [0.25, 0.3) is 0 Å². The molecule has 1 heterocycles. The molecule has 122 valence electrons. The number of hydrogen-bond acceptors (Lipinski definition) is 3. The molecular formula is C17H25BrN2OS. The molecule has 3 nitrogen and oxygen atoms in total. The number of carbonyl (C=O) groups excluding carboxylic acids is 1. The van der Waals surface area contributed by atoms with Crippen molar-refractivity contribution in [2.24, 2.45) is 5.92 Å². The molecule has 0 saturated carbocycles. The van der Waals surface area contributed by atoms with Crippen LogP contribution < -0.4 is 5.32 Å². The molecule has 2 rings (SSSR count). The van der Waals surface area contributed by atoms with Crippen LogP contribution >= 0.6 is 27.7 Å². The molecular weight excluding hydrogens is 360 g/mol. The second-order valence-electron chi connectivity index (χ2n) is 6.06. The first-order valence-electron chi connectivity index (χ1n) is 7.83. The first kappa shape index (κ1) is 17.8. The average Bonchev–Trinajstić information content (AvgIpc) is 2.50. The largest absolute Gasteiger partial charge is 0.342 e. The highest BCUT2D eigenvalue weighted by molar-refractivity contribution is 9.10. The van der Waals surface area contributed by atoms with Crippen LogP contribution in [0.25, 0.3) is 0 Å². The minimum atomic E-state index is 0.269. The Labute approximate surface area is 146 Å². The molecule has 0 bridgehead atoms. The minimum Gasteiger partial charge on any atom is -0.342 e. The molecule has 1 unspecified atom stereocenters. The number of amides is 1. The Bertz CT molecular complexity index is 534. The van der Waals surface area contributed by atoms with E-state index in [0.29, 0.717) is 11.7 Å². The third kappa shape index (κ3) is 4.74. The van der Waals surface area contributed by atoms with Gasteiger partial charge in [0, 0.05) is 22.5 Å². The van der Waals surface area contributed by atoms with Gasteiger partial charge < -0.3 is 10.2 Å². The summed E-state index contributed by atoms with van der Waals surface area (Å²) in [4.78, 5) is 15.7. The summed E-state index contributed by atoms with van der Waals surface area (Å²) < 4.78 is 1.13. The van der Waals surface area contributed by atoms with E-state index in [1.54, 1.807) is 11.8 Å². The summed E-state index contributed by atoms with van der Waals surface area (Å²) in [7, 11) is 1.98. The molecule has 1 aliphatic heterocycles. The Balaban J connectivity index is 1.91. The van der Waals surface area contributed by atoms with Gasteiger partial charge in [0.1, 0.15) is 0 Å². The lowest BCUT2D eigenvalue weighted by atomic mass is 9.98. The zero-order valence-electron chi connectivity index (χ0n) is 13.6.